The maximum atomic E-state index is 13.0. The molecule has 0 atom stereocenters. The SMILES string of the molecule is Cc1ccccc1CN1CCCN(C(=O)c2ccc(N3CCOC3=O)cc2)CC1. The van der Waals surface area contributed by atoms with Crippen LogP contribution >= 0.6 is 0 Å². The highest BCUT2D eigenvalue weighted by Crippen LogP contribution is 2.20. The fourth-order valence-corrected chi connectivity index (χ4v) is 3.95. The van der Waals surface area contributed by atoms with E-state index in [1.165, 1.54) is 11.1 Å². The van der Waals surface area contributed by atoms with Crippen LogP contribution in [-0.4, -0.2) is 61.1 Å². The first kappa shape index (κ1) is 19.5. The van der Waals surface area contributed by atoms with E-state index in [1.54, 1.807) is 17.0 Å². The van der Waals surface area contributed by atoms with Crippen LogP contribution in [0.15, 0.2) is 48.5 Å². The number of hydrogen-bond donors (Lipinski definition) is 0. The third-order valence-corrected chi connectivity index (χ3v) is 5.72. The molecule has 2 amide bonds. The number of benzene rings is 2. The molecule has 0 spiro atoms. The van der Waals surface area contributed by atoms with Crippen molar-refractivity contribution < 1.29 is 14.3 Å². The third-order valence-electron chi connectivity index (χ3n) is 5.72. The average molecular weight is 393 g/mol. The van der Waals surface area contributed by atoms with Crippen LogP contribution in [0.1, 0.15) is 27.9 Å². The molecule has 2 heterocycles. The number of anilines is 1. The zero-order valence-corrected chi connectivity index (χ0v) is 16.8. The van der Waals surface area contributed by atoms with Crippen molar-refractivity contribution >= 4 is 17.7 Å². The van der Waals surface area contributed by atoms with E-state index in [1.807, 2.05) is 17.0 Å². The molecule has 6 nitrogen and oxygen atoms in total. The Morgan fingerprint density at radius 2 is 1.76 bits per heavy atom. The third kappa shape index (κ3) is 4.43. The minimum Gasteiger partial charge on any atom is -0.447 e. The molecule has 2 saturated heterocycles. The smallest absolute Gasteiger partial charge is 0.414 e. The first-order valence-electron chi connectivity index (χ1n) is 10.2. The van der Waals surface area contributed by atoms with Gasteiger partial charge in [0.05, 0.1) is 6.54 Å². The Bertz CT molecular complexity index is 881. The molecule has 2 aliphatic heterocycles. The molecule has 0 unspecified atom stereocenters. The second kappa shape index (κ2) is 8.66. The molecule has 2 aromatic rings. The van der Waals surface area contributed by atoms with Crippen LogP contribution in [0.5, 0.6) is 0 Å². The number of amides is 2. The monoisotopic (exact) mass is 393 g/mol. The molecule has 2 aliphatic rings. The molecular formula is C23H27N3O3. The number of carbonyl (C=O) groups excluding carboxylic acids is 2. The van der Waals surface area contributed by atoms with Gasteiger partial charge in [-0.2, -0.15) is 0 Å². The van der Waals surface area contributed by atoms with Crippen LogP contribution in [0, 0.1) is 6.92 Å². The van der Waals surface area contributed by atoms with Crippen molar-refractivity contribution in [3.63, 3.8) is 0 Å². The van der Waals surface area contributed by atoms with Crippen molar-refractivity contribution in [1.82, 2.24) is 9.80 Å². The Kier molecular flexibility index (Phi) is 5.81. The summed E-state index contributed by atoms with van der Waals surface area (Å²) in [6.45, 7) is 7.39. The molecule has 4 rings (SSSR count). The lowest BCUT2D eigenvalue weighted by molar-refractivity contribution is 0.0761. The van der Waals surface area contributed by atoms with E-state index in [0.29, 0.717) is 18.7 Å². The lowest BCUT2D eigenvalue weighted by atomic mass is 10.1. The van der Waals surface area contributed by atoms with Crippen LogP contribution in [-0.2, 0) is 11.3 Å². The lowest BCUT2D eigenvalue weighted by Gasteiger charge is -2.23. The molecule has 0 saturated carbocycles. The fraction of sp³-hybridized carbons (Fsp3) is 0.391. The predicted octanol–water partition coefficient (Wildman–Crippen LogP) is 3.30. The first-order valence-corrected chi connectivity index (χ1v) is 10.2. The van der Waals surface area contributed by atoms with Crippen molar-refractivity contribution in [3.8, 4) is 0 Å². The summed E-state index contributed by atoms with van der Waals surface area (Å²) >= 11 is 0. The van der Waals surface area contributed by atoms with Crippen molar-refractivity contribution in [2.45, 2.75) is 19.9 Å². The largest absolute Gasteiger partial charge is 0.447 e. The summed E-state index contributed by atoms with van der Waals surface area (Å²) in [4.78, 5) is 30.6. The Morgan fingerprint density at radius 1 is 0.966 bits per heavy atom. The van der Waals surface area contributed by atoms with Crippen molar-refractivity contribution in [2.75, 3.05) is 44.2 Å². The van der Waals surface area contributed by atoms with Gasteiger partial charge < -0.3 is 9.64 Å². The van der Waals surface area contributed by atoms with Crippen molar-refractivity contribution in [2.24, 2.45) is 0 Å². The Hall–Kier alpha value is -2.86. The maximum absolute atomic E-state index is 13.0. The second-order valence-electron chi connectivity index (χ2n) is 7.66. The molecular weight excluding hydrogens is 366 g/mol. The number of aryl methyl sites for hydroxylation is 1. The molecule has 2 fully saturated rings. The highest BCUT2D eigenvalue weighted by molar-refractivity contribution is 5.95. The molecule has 2 aromatic carbocycles. The quantitative estimate of drug-likeness (QED) is 0.800. The first-order chi connectivity index (χ1) is 14.1. The minimum absolute atomic E-state index is 0.0540. The Morgan fingerprint density at radius 3 is 2.48 bits per heavy atom. The summed E-state index contributed by atoms with van der Waals surface area (Å²) in [7, 11) is 0. The van der Waals surface area contributed by atoms with Crippen molar-refractivity contribution in [3.05, 3.63) is 65.2 Å². The minimum atomic E-state index is -0.328. The normalized spacial score (nSPS) is 17.9. The molecule has 0 aliphatic carbocycles. The number of nitrogens with zero attached hydrogens (tertiary/aromatic N) is 3. The van der Waals surface area contributed by atoms with E-state index in [-0.39, 0.29) is 12.0 Å². The van der Waals surface area contributed by atoms with Crippen LogP contribution in [0.25, 0.3) is 0 Å². The second-order valence-corrected chi connectivity index (χ2v) is 7.66. The molecule has 6 heteroatoms. The number of cyclic esters (lactones) is 1. The predicted molar refractivity (Wildman–Crippen MR) is 112 cm³/mol. The van der Waals surface area contributed by atoms with E-state index < -0.39 is 0 Å². The number of ether oxygens (including phenoxy) is 1. The van der Waals surface area contributed by atoms with Gasteiger partial charge in [-0.25, -0.2) is 4.79 Å². The number of carbonyl (C=O) groups is 2. The van der Waals surface area contributed by atoms with E-state index >= 15 is 0 Å². The van der Waals surface area contributed by atoms with Gasteiger partial charge in [-0.15, -0.1) is 0 Å². The zero-order valence-electron chi connectivity index (χ0n) is 16.8. The maximum Gasteiger partial charge on any atom is 0.414 e. The highest BCUT2D eigenvalue weighted by Gasteiger charge is 2.24. The Balaban J connectivity index is 1.37. The summed E-state index contributed by atoms with van der Waals surface area (Å²) in [5.74, 6) is 0.0540. The topological polar surface area (TPSA) is 53.1 Å². The van der Waals surface area contributed by atoms with Crippen LogP contribution < -0.4 is 4.90 Å². The van der Waals surface area contributed by atoms with Crippen molar-refractivity contribution in [1.29, 1.82) is 0 Å². The molecule has 0 bridgehead atoms. The molecule has 29 heavy (non-hydrogen) atoms. The summed E-state index contributed by atoms with van der Waals surface area (Å²) < 4.78 is 4.97. The lowest BCUT2D eigenvalue weighted by Crippen LogP contribution is -2.35. The van der Waals surface area contributed by atoms with E-state index in [9.17, 15) is 9.59 Å². The average Bonchev–Trinajstić information content (AvgIpc) is 3.03. The molecule has 0 aromatic heterocycles. The summed E-state index contributed by atoms with van der Waals surface area (Å²) in [6.07, 6.45) is 0.639. The van der Waals surface area contributed by atoms with Gasteiger partial charge in [-0.3, -0.25) is 14.6 Å². The van der Waals surface area contributed by atoms with Gasteiger partial charge in [0.25, 0.3) is 5.91 Å². The van der Waals surface area contributed by atoms with Gasteiger partial charge in [0.1, 0.15) is 6.61 Å². The van der Waals surface area contributed by atoms with Gasteiger partial charge in [-0.1, -0.05) is 24.3 Å². The van der Waals surface area contributed by atoms with Gasteiger partial charge in [0.15, 0.2) is 0 Å². The summed E-state index contributed by atoms with van der Waals surface area (Å²) in [5.41, 5.74) is 4.09. The standard InChI is InChI=1S/C23H27N3O3/c1-18-5-2-3-6-20(18)17-24-11-4-12-25(14-13-24)22(27)19-7-9-21(10-8-19)26-15-16-29-23(26)28/h2-3,5-10H,4,11-17H2,1H3. The fourth-order valence-electron chi connectivity index (χ4n) is 3.95. The molecule has 0 N–H and O–H groups in total. The van der Waals surface area contributed by atoms with E-state index in [2.05, 4.69) is 36.1 Å². The highest BCUT2D eigenvalue weighted by atomic mass is 16.6. The van der Waals surface area contributed by atoms with E-state index in [4.69, 9.17) is 4.74 Å². The van der Waals surface area contributed by atoms with Crippen LogP contribution in [0.3, 0.4) is 0 Å². The summed E-state index contributed by atoms with van der Waals surface area (Å²) in [6, 6.07) is 15.7. The van der Waals surface area contributed by atoms with Gasteiger partial charge in [0.2, 0.25) is 0 Å². The van der Waals surface area contributed by atoms with Gasteiger partial charge in [0, 0.05) is 44.0 Å². The zero-order chi connectivity index (χ0) is 20.2. The molecule has 0 radical (unpaired) electrons. The number of rotatable bonds is 4. The van der Waals surface area contributed by atoms with Gasteiger partial charge in [-0.05, 0) is 48.7 Å². The Labute approximate surface area is 171 Å². The van der Waals surface area contributed by atoms with Gasteiger partial charge >= 0.3 is 6.09 Å². The van der Waals surface area contributed by atoms with E-state index in [0.717, 1.165) is 44.8 Å². The van der Waals surface area contributed by atoms with Crippen LogP contribution in [0.4, 0.5) is 10.5 Å². The number of hydrogen-bond acceptors (Lipinski definition) is 4. The van der Waals surface area contributed by atoms with Crippen LogP contribution in [0.2, 0.25) is 0 Å². The summed E-state index contributed by atoms with van der Waals surface area (Å²) in [5, 5.41) is 0. The molecule has 152 valence electrons.